The summed E-state index contributed by atoms with van der Waals surface area (Å²) in [6.45, 7) is 0.716. The number of methoxy groups -OCH3 is 2. The van der Waals surface area contributed by atoms with Crippen LogP contribution in [-0.4, -0.2) is 30.3 Å². The van der Waals surface area contributed by atoms with Crippen molar-refractivity contribution in [2.24, 2.45) is 0 Å². The fourth-order valence-electron chi connectivity index (χ4n) is 1.60. The van der Waals surface area contributed by atoms with Crippen LogP contribution in [0.3, 0.4) is 0 Å². The molecule has 1 amide bonds. The van der Waals surface area contributed by atoms with Crippen LogP contribution in [0, 0.1) is 0 Å². The Morgan fingerprint density at radius 2 is 1.91 bits per heavy atom. The lowest BCUT2D eigenvalue weighted by Gasteiger charge is -2.09. The van der Waals surface area contributed by atoms with Crippen LogP contribution in [0.1, 0.15) is 22.3 Å². The standard InChI is InChI=1S/C13H13F2N3O3S/c1-13(14,15)11-17-18-12(22-11)16-10(19)7-4-5-8(20-2)9(6-7)21-3/h4-6H,1-3H3,(H,16,18,19). The maximum atomic E-state index is 13.1. The third-order valence-corrected chi connectivity index (χ3v) is 3.68. The van der Waals surface area contributed by atoms with E-state index >= 15 is 0 Å². The minimum absolute atomic E-state index is 0.00342. The summed E-state index contributed by atoms with van der Waals surface area (Å²) in [5, 5.41) is 8.83. The largest absolute Gasteiger partial charge is 0.493 e. The Hall–Kier alpha value is -2.29. The average Bonchev–Trinajstić information content (AvgIpc) is 2.95. The molecule has 9 heteroatoms. The normalized spacial score (nSPS) is 11.1. The van der Waals surface area contributed by atoms with E-state index in [2.05, 4.69) is 15.5 Å². The first-order valence-electron chi connectivity index (χ1n) is 6.10. The molecule has 1 N–H and O–H groups in total. The van der Waals surface area contributed by atoms with Gasteiger partial charge in [0.25, 0.3) is 11.8 Å². The predicted molar refractivity (Wildman–Crippen MR) is 77.0 cm³/mol. The van der Waals surface area contributed by atoms with Gasteiger partial charge in [-0.1, -0.05) is 11.3 Å². The topological polar surface area (TPSA) is 73.3 Å². The minimum atomic E-state index is -3.09. The van der Waals surface area contributed by atoms with Gasteiger partial charge in [-0.2, -0.15) is 8.78 Å². The van der Waals surface area contributed by atoms with Gasteiger partial charge in [0.05, 0.1) is 14.2 Å². The zero-order valence-corrected chi connectivity index (χ0v) is 12.8. The number of ether oxygens (including phenoxy) is 2. The summed E-state index contributed by atoms with van der Waals surface area (Å²) in [4.78, 5) is 12.1. The van der Waals surface area contributed by atoms with Crippen LogP contribution in [0.25, 0.3) is 0 Å². The molecule has 1 aromatic carbocycles. The number of hydrogen-bond donors (Lipinski definition) is 1. The summed E-state index contributed by atoms with van der Waals surface area (Å²) in [6.07, 6.45) is 0. The zero-order valence-electron chi connectivity index (χ0n) is 12.0. The highest BCUT2D eigenvalue weighted by atomic mass is 32.1. The zero-order chi connectivity index (χ0) is 16.3. The maximum absolute atomic E-state index is 13.1. The summed E-state index contributed by atoms with van der Waals surface area (Å²) < 4.78 is 36.3. The summed E-state index contributed by atoms with van der Waals surface area (Å²) in [6, 6.07) is 4.57. The summed E-state index contributed by atoms with van der Waals surface area (Å²) >= 11 is 0.620. The molecule has 2 rings (SSSR count). The molecule has 0 aliphatic rings. The van der Waals surface area contributed by atoms with Crippen LogP contribution < -0.4 is 14.8 Å². The van der Waals surface area contributed by atoms with Gasteiger partial charge in [0.1, 0.15) is 0 Å². The fraction of sp³-hybridized carbons (Fsp3) is 0.308. The maximum Gasteiger partial charge on any atom is 0.298 e. The SMILES string of the molecule is COc1ccc(C(=O)Nc2nnc(C(C)(F)F)s2)cc1OC. The van der Waals surface area contributed by atoms with Crippen LogP contribution in [0.2, 0.25) is 0 Å². The molecule has 0 aliphatic carbocycles. The number of benzene rings is 1. The molecule has 0 bridgehead atoms. The van der Waals surface area contributed by atoms with Crippen LogP contribution in [0.15, 0.2) is 18.2 Å². The molecule has 1 heterocycles. The Morgan fingerprint density at radius 3 is 2.45 bits per heavy atom. The van der Waals surface area contributed by atoms with Crippen molar-refractivity contribution in [3.63, 3.8) is 0 Å². The second kappa shape index (κ2) is 6.22. The van der Waals surface area contributed by atoms with Gasteiger partial charge in [-0.25, -0.2) is 0 Å². The highest BCUT2D eigenvalue weighted by Gasteiger charge is 2.29. The van der Waals surface area contributed by atoms with Crippen LogP contribution in [-0.2, 0) is 5.92 Å². The molecule has 0 radical (unpaired) electrons. The van der Waals surface area contributed by atoms with Gasteiger partial charge in [-0.15, -0.1) is 10.2 Å². The lowest BCUT2D eigenvalue weighted by atomic mass is 10.2. The molecule has 0 atom stereocenters. The second-order valence-electron chi connectivity index (χ2n) is 4.32. The number of nitrogens with one attached hydrogen (secondary N) is 1. The van der Waals surface area contributed by atoms with Crippen molar-refractivity contribution >= 4 is 22.4 Å². The number of nitrogens with zero attached hydrogens (tertiary/aromatic N) is 2. The molecule has 2 aromatic rings. The number of halogens is 2. The van der Waals surface area contributed by atoms with Crippen molar-refractivity contribution < 1.29 is 23.0 Å². The molecular weight excluding hydrogens is 316 g/mol. The fourth-order valence-corrected chi connectivity index (χ4v) is 2.27. The van der Waals surface area contributed by atoms with Gasteiger partial charge >= 0.3 is 0 Å². The van der Waals surface area contributed by atoms with E-state index in [-0.39, 0.29) is 10.7 Å². The molecule has 0 aliphatic heterocycles. The summed E-state index contributed by atoms with van der Waals surface area (Å²) in [5.41, 5.74) is 0.276. The van der Waals surface area contributed by atoms with Crippen molar-refractivity contribution in [3.05, 3.63) is 28.8 Å². The monoisotopic (exact) mass is 329 g/mol. The predicted octanol–water partition coefficient (Wildman–Crippen LogP) is 2.92. The molecule has 0 unspecified atom stereocenters. The number of alkyl halides is 2. The lowest BCUT2D eigenvalue weighted by molar-refractivity contribution is 0.0165. The van der Waals surface area contributed by atoms with Gasteiger partial charge in [0.15, 0.2) is 16.5 Å². The van der Waals surface area contributed by atoms with Crippen LogP contribution in [0.4, 0.5) is 13.9 Å². The van der Waals surface area contributed by atoms with E-state index in [1.165, 1.54) is 26.4 Å². The number of hydrogen-bond acceptors (Lipinski definition) is 6. The van der Waals surface area contributed by atoms with Crippen LogP contribution in [0.5, 0.6) is 11.5 Å². The first kappa shape index (κ1) is 16.1. The molecule has 22 heavy (non-hydrogen) atoms. The van der Waals surface area contributed by atoms with Crippen LogP contribution >= 0.6 is 11.3 Å². The molecule has 1 aromatic heterocycles. The molecule has 0 saturated heterocycles. The highest BCUT2D eigenvalue weighted by Crippen LogP contribution is 2.32. The molecule has 0 saturated carbocycles. The van der Waals surface area contributed by atoms with E-state index < -0.39 is 16.8 Å². The van der Waals surface area contributed by atoms with E-state index in [4.69, 9.17) is 9.47 Å². The van der Waals surface area contributed by atoms with Gasteiger partial charge in [0.2, 0.25) is 5.13 Å². The number of aromatic nitrogens is 2. The quantitative estimate of drug-likeness (QED) is 0.913. The Morgan fingerprint density at radius 1 is 1.23 bits per heavy atom. The van der Waals surface area contributed by atoms with E-state index in [1.807, 2.05) is 0 Å². The molecule has 118 valence electrons. The number of rotatable bonds is 5. The van der Waals surface area contributed by atoms with Gasteiger partial charge < -0.3 is 9.47 Å². The lowest BCUT2D eigenvalue weighted by Crippen LogP contribution is -2.12. The third-order valence-electron chi connectivity index (χ3n) is 2.67. The number of carbonyl (C=O) groups is 1. The molecule has 0 fully saturated rings. The van der Waals surface area contributed by atoms with Crippen molar-refractivity contribution in [2.45, 2.75) is 12.8 Å². The summed E-state index contributed by atoms with van der Waals surface area (Å²) in [5.74, 6) is -2.75. The van der Waals surface area contributed by atoms with E-state index in [1.54, 1.807) is 6.07 Å². The van der Waals surface area contributed by atoms with E-state index in [0.29, 0.717) is 29.8 Å². The first-order valence-corrected chi connectivity index (χ1v) is 6.92. The Bertz CT molecular complexity index is 685. The van der Waals surface area contributed by atoms with Crippen molar-refractivity contribution in [2.75, 3.05) is 19.5 Å². The highest BCUT2D eigenvalue weighted by molar-refractivity contribution is 7.15. The van der Waals surface area contributed by atoms with Crippen molar-refractivity contribution in [3.8, 4) is 11.5 Å². The first-order chi connectivity index (χ1) is 10.3. The Kier molecular flexibility index (Phi) is 4.55. The third kappa shape index (κ3) is 3.48. The van der Waals surface area contributed by atoms with E-state index in [9.17, 15) is 13.6 Å². The summed E-state index contributed by atoms with van der Waals surface area (Å²) in [7, 11) is 2.92. The Balaban J connectivity index is 2.17. The van der Waals surface area contributed by atoms with Gasteiger partial charge in [-0.3, -0.25) is 10.1 Å². The van der Waals surface area contributed by atoms with E-state index in [0.717, 1.165) is 0 Å². The number of anilines is 1. The second-order valence-corrected chi connectivity index (χ2v) is 5.30. The van der Waals surface area contributed by atoms with Gasteiger partial charge in [-0.05, 0) is 18.2 Å². The number of carbonyl (C=O) groups excluding carboxylic acids is 1. The average molecular weight is 329 g/mol. The van der Waals surface area contributed by atoms with Crippen molar-refractivity contribution in [1.82, 2.24) is 10.2 Å². The minimum Gasteiger partial charge on any atom is -0.493 e. The van der Waals surface area contributed by atoms with Gasteiger partial charge in [0, 0.05) is 12.5 Å². The number of amides is 1. The smallest absolute Gasteiger partial charge is 0.298 e. The molecular formula is C13H13F2N3O3S. The molecule has 6 nitrogen and oxygen atoms in total. The molecule has 0 spiro atoms. The Labute approximate surface area is 129 Å². The van der Waals surface area contributed by atoms with Crippen molar-refractivity contribution in [1.29, 1.82) is 0 Å².